The Labute approximate surface area is 150 Å². The lowest BCUT2D eigenvalue weighted by Crippen LogP contribution is -2.41. The SMILES string of the molecule is CCCC(C)(Oc1ccc(Oc2ncc(Cl)cc2Cl)cc1)C(=O)O. The van der Waals surface area contributed by atoms with Crippen molar-refractivity contribution in [3.63, 3.8) is 0 Å². The molecule has 0 amide bonds. The van der Waals surface area contributed by atoms with Gasteiger partial charge in [-0.3, -0.25) is 0 Å². The number of aliphatic carboxylic acids is 1. The molecule has 2 rings (SSSR count). The fourth-order valence-corrected chi connectivity index (χ4v) is 2.52. The van der Waals surface area contributed by atoms with E-state index in [1.165, 1.54) is 12.3 Å². The predicted molar refractivity (Wildman–Crippen MR) is 92.3 cm³/mol. The molecule has 1 aromatic heterocycles. The van der Waals surface area contributed by atoms with Crippen LogP contribution in [0.1, 0.15) is 26.7 Å². The second-order valence-electron chi connectivity index (χ2n) is 5.40. The highest BCUT2D eigenvalue weighted by atomic mass is 35.5. The predicted octanol–water partition coefficient (Wildman–Crippen LogP) is 5.20. The van der Waals surface area contributed by atoms with Crippen LogP contribution in [0.25, 0.3) is 0 Å². The minimum absolute atomic E-state index is 0.232. The average molecular weight is 370 g/mol. The second-order valence-corrected chi connectivity index (χ2v) is 6.25. The van der Waals surface area contributed by atoms with Crippen LogP contribution in [0.2, 0.25) is 10.0 Å². The molecule has 1 aromatic carbocycles. The standard InChI is InChI=1S/C17H17Cl2NO4/c1-3-8-17(2,16(21)22)24-13-6-4-12(5-7-13)23-15-14(19)9-11(18)10-20-15/h4-7,9-10H,3,8H2,1-2H3,(H,21,22). The number of halogens is 2. The van der Waals surface area contributed by atoms with Gasteiger partial charge in [-0.15, -0.1) is 0 Å². The van der Waals surface area contributed by atoms with Gasteiger partial charge in [0, 0.05) is 6.20 Å². The zero-order valence-corrected chi connectivity index (χ0v) is 14.8. The number of ether oxygens (including phenoxy) is 2. The summed E-state index contributed by atoms with van der Waals surface area (Å²) in [4.78, 5) is 15.4. The smallest absolute Gasteiger partial charge is 0.347 e. The van der Waals surface area contributed by atoms with Crippen LogP contribution in [0.3, 0.4) is 0 Å². The van der Waals surface area contributed by atoms with E-state index in [-0.39, 0.29) is 5.88 Å². The van der Waals surface area contributed by atoms with Crippen molar-refractivity contribution >= 4 is 29.2 Å². The van der Waals surface area contributed by atoms with Crippen molar-refractivity contribution in [1.29, 1.82) is 0 Å². The number of benzene rings is 1. The summed E-state index contributed by atoms with van der Waals surface area (Å²) in [6.07, 6.45) is 2.54. The van der Waals surface area contributed by atoms with Crippen molar-refractivity contribution in [2.45, 2.75) is 32.3 Å². The van der Waals surface area contributed by atoms with Gasteiger partial charge >= 0.3 is 5.97 Å². The Hall–Kier alpha value is -1.98. The number of carbonyl (C=O) groups is 1. The molecule has 7 heteroatoms. The third-order valence-corrected chi connectivity index (χ3v) is 3.81. The van der Waals surface area contributed by atoms with Crippen LogP contribution >= 0.6 is 23.2 Å². The van der Waals surface area contributed by atoms with Gasteiger partial charge in [-0.2, -0.15) is 0 Å². The maximum atomic E-state index is 11.4. The minimum Gasteiger partial charge on any atom is -0.478 e. The summed E-state index contributed by atoms with van der Waals surface area (Å²) in [6.45, 7) is 3.46. The molecular weight excluding hydrogens is 353 g/mol. The van der Waals surface area contributed by atoms with Crippen LogP contribution < -0.4 is 9.47 Å². The maximum absolute atomic E-state index is 11.4. The van der Waals surface area contributed by atoms with E-state index in [0.29, 0.717) is 34.4 Å². The van der Waals surface area contributed by atoms with E-state index in [0.717, 1.165) is 0 Å². The second kappa shape index (κ2) is 7.73. The van der Waals surface area contributed by atoms with Gasteiger partial charge < -0.3 is 14.6 Å². The molecule has 0 aliphatic rings. The molecule has 0 radical (unpaired) electrons. The number of pyridine rings is 1. The lowest BCUT2D eigenvalue weighted by molar-refractivity contribution is -0.154. The Bertz CT molecular complexity index is 721. The summed E-state index contributed by atoms with van der Waals surface area (Å²) >= 11 is 11.8. The van der Waals surface area contributed by atoms with Crippen molar-refractivity contribution in [1.82, 2.24) is 4.98 Å². The minimum atomic E-state index is -1.27. The van der Waals surface area contributed by atoms with Crippen molar-refractivity contribution < 1.29 is 19.4 Å². The molecule has 5 nitrogen and oxygen atoms in total. The first kappa shape index (κ1) is 18.4. The van der Waals surface area contributed by atoms with Crippen LogP contribution in [-0.4, -0.2) is 21.7 Å². The summed E-state index contributed by atoms with van der Waals surface area (Å²) in [5.41, 5.74) is -1.27. The largest absolute Gasteiger partial charge is 0.478 e. The quantitative estimate of drug-likeness (QED) is 0.725. The first-order chi connectivity index (χ1) is 11.3. The summed E-state index contributed by atoms with van der Waals surface area (Å²) in [7, 11) is 0. The number of aromatic nitrogens is 1. The molecule has 1 heterocycles. The van der Waals surface area contributed by atoms with Crippen molar-refractivity contribution in [2.75, 3.05) is 0 Å². The molecule has 128 valence electrons. The molecule has 1 unspecified atom stereocenters. The molecule has 0 saturated heterocycles. The highest BCUT2D eigenvalue weighted by Gasteiger charge is 2.34. The van der Waals surface area contributed by atoms with Gasteiger partial charge in [-0.1, -0.05) is 36.5 Å². The van der Waals surface area contributed by atoms with Gasteiger partial charge in [0.1, 0.15) is 16.5 Å². The number of carboxylic acid groups (broad SMARTS) is 1. The Morgan fingerprint density at radius 1 is 1.25 bits per heavy atom. The molecule has 0 aliphatic heterocycles. The average Bonchev–Trinajstić information content (AvgIpc) is 2.52. The summed E-state index contributed by atoms with van der Waals surface area (Å²) in [5, 5.41) is 10.1. The third-order valence-electron chi connectivity index (χ3n) is 3.33. The Morgan fingerprint density at radius 2 is 1.88 bits per heavy atom. The van der Waals surface area contributed by atoms with Gasteiger partial charge in [0.25, 0.3) is 0 Å². The highest BCUT2D eigenvalue weighted by Crippen LogP contribution is 2.31. The Morgan fingerprint density at radius 3 is 2.42 bits per heavy atom. The zero-order valence-electron chi connectivity index (χ0n) is 13.3. The van der Waals surface area contributed by atoms with E-state index in [1.807, 2.05) is 6.92 Å². The molecule has 0 saturated carbocycles. The number of carboxylic acids is 1. The molecule has 0 aliphatic carbocycles. The van der Waals surface area contributed by atoms with Crippen molar-refractivity contribution in [3.05, 3.63) is 46.6 Å². The van der Waals surface area contributed by atoms with Crippen LogP contribution in [0.4, 0.5) is 0 Å². The van der Waals surface area contributed by atoms with Gasteiger partial charge in [0.2, 0.25) is 11.5 Å². The molecule has 0 bridgehead atoms. The van der Waals surface area contributed by atoms with Crippen LogP contribution in [0.15, 0.2) is 36.5 Å². The van der Waals surface area contributed by atoms with E-state index in [4.69, 9.17) is 32.7 Å². The first-order valence-corrected chi connectivity index (χ1v) is 8.11. The summed E-state index contributed by atoms with van der Waals surface area (Å²) < 4.78 is 11.2. The Kier molecular flexibility index (Phi) is 5.91. The van der Waals surface area contributed by atoms with Crippen LogP contribution in [-0.2, 0) is 4.79 Å². The van der Waals surface area contributed by atoms with Crippen LogP contribution in [0.5, 0.6) is 17.4 Å². The monoisotopic (exact) mass is 369 g/mol. The molecule has 0 fully saturated rings. The van der Waals surface area contributed by atoms with Gasteiger partial charge in [0.05, 0.1) is 5.02 Å². The lowest BCUT2D eigenvalue weighted by atomic mass is 10.0. The molecule has 2 aromatic rings. The zero-order chi connectivity index (χ0) is 17.7. The lowest BCUT2D eigenvalue weighted by Gasteiger charge is -2.25. The summed E-state index contributed by atoms with van der Waals surface area (Å²) in [5.74, 6) is 0.167. The maximum Gasteiger partial charge on any atom is 0.347 e. The van der Waals surface area contributed by atoms with Crippen LogP contribution in [0, 0.1) is 0 Å². The fraction of sp³-hybridized carbons (Fsp3) is 0.294. The van der Waals surface area contributed by atoms with Gasteiger partial charge in [-0.25, -0.2) is 9.78 Å². The first-order valence-electron chi connectivity index (χ1n) is 7.35. The molecule has 0 spiro atoms. The number of hydrogen-bond donors (Lipinski definition) is 1. The number of rotatable bonds is 7. The van der Waals surface area contributed by atoms with Crippen molar-refractivity contribution in [2.24, 2.45) is 0 Å². The van der Waals surface area contributed by atoms with E-state index in [2.05, 4.69) is 4.98 Å². The summed E-state index contributed by atoms with van der Waals surface area (Å²) in [6, 6.07) is 8.10. The fourth-order valence-electron chi connectivity index (χ4n) is 2.10. The molecule has 1 atom stereocenters. The van der Waals surface area contributed by atoms with Crippen molar-refractivity contribution in [3.8, 4) is 17.4 Å². The van der Waals surface area contributed by atoms with Gasteiger partial charge in [0.15, 0.2) is 0 Å². The van der Waals surface area contributed by atoms with E-state index < -0.39 is 11.6 Å². The highest BCUT2D eigenvalue weighted by molar-refractivity contribution is 6.35. The molecule has 1 N–H and O–H groups in total. The van der Waals surface area contributed by atoms with E-state index in [9.17, 15) is 9.90 Å². The number of nitrogens with zero attached hydrogens (tertiary/aromatic N) is 1. The Balaban J connectivity index is 2.11. The molecular formula is C17H17Cl2NO4. The van der Waals surface area contributed by atoms with Gasteiger partial charge in [-0.05, 0) is 43.7 Å². The third kappa shape index (κ3) is 4.52. The number of hydrogen-bond acceptors (Lipinski definition) is 4. The molecule has 24 heavy (non-hydrogen) atoms. The van der Waals surface area contributed by atoms with E-state index in [1.54, 1.807) is 31.2 Å². The normalized spacial score (nSPS) is 13.2. The van der Waals surface area contributed by atoms with E-state index >= 15 is 0 Å². The topological polar surface area (TPSA) is 68.7 Å².